The van der Waals surface area contributed by atoms with Crippen LogP contribution in [0.1, 0.15) is 52.7 Å². The van der Waals surface area contributed by atoms with Crippen LogP contribution < -0.4 is 10.1 Å². The van der Waals surface area contributed by atoms with Gasteiger partial charge in [-0.05, 0) is 97.4 Å². The summed E-state index contributed by atoms with van der Waals surface area (Å²) < 4.78 is 44.9. The van der Waals surface area contributed by atoms with Crippen molar-refractivity contribution in [1.29, 1.82) is 0 Å². The van der Waals surface area contributed by atoms with Crippen molar-refractivity contribution in [2.75, 3.05) is 38.1 Å². The molecule has 1 aromatic heterocycles. The van der Waals surface area contributed by atoms with E-state index in [1.807, 2.05) is 23.1 Å². The molecule has 0 radical (unpaired) electrons. The second kappa shape index (κ2) is 11.8. The number of halogens is 3. The molecule has 0 aliphatic carbocycles. The van der Waals surface area contributed by atoms with Crippen molar-refractivity contribution in [2.45, 2.75) is 50.9 Å². The largest absolute Gasteiger partial charge is 0.493 e. The molecule has 0 spiro atoms. The smallest absolute Gasteiger partial charge is 0.416 e. The molecule has 6 nitrogen and oxygen atoms in total. The van der Waals surface area contributed by atoms with Crippen molar-refractivity contribution in [3.8, 4) is 16.9 Å². The summed E-state index contributed by atoms with van der Waals surface area (Å²) in [4.78, 5) is 23.6. The summed E-state index contributed by atoms with van der Waals surface area (Å²) in [6.45, 7) is 4.76. The van der Waals surface area contributed by atoms with Crippen molar-refractivity contribution in [1.82, 2.24) is 14.8 Å². The third kappa shape index (κ3) is 5.85. The van der Waals surface area contributed by atoms with E-state index in [9.17, 15) is 18.0 Å². The van der Waals surface area contributed by atoms with Gasteiger partial charge in [-0.2, -0.15) is 13.2 Å². The molecule has 9 heteroatoms. The predicted octanol–water partition coefficient (Wildman–Crippen LogP) is 7.17. The number of pyridine rings is 1. The molecule has 1 N–H and O–H groups in total. The van der Waals surface area contributed by atoms with Gasteiger partial charge in [-0.15, -0.1) is 0 Å². The van der Waals surface area contributed by atoms with Crippen molar-refractivity contribution in [2.24, 2.45) is 0 Å². The van der Waals surface area contributed by atoms with E-state index < -0.39 is 11.7 Å². The number of carbonyl (C=O) groups is 1. The number of aromatic nitrogens is 1. The molecule has 0 saturated carbocycles. The molecule has 1 atom stereocenters. The van der Waals surface area contributed by atoms with Gasteiger partial charge in [0.15, 0.2) is 0 Å². The first-order valence-corrected chi connectivity index (χ1v) is 15.5. The van der Waals surface area contributed by atoms with E-state index in [0.29, 0.717) is 29.1 Å². The highest BCUT2D eigenvalue weighted by molar-refractivity contribution is 6.08. The molecule has 4 heterocycles. The van der Waals surface area contributed by atoms with Gasteiger partial charge < -0.3 is 19.9 Å². The lowest BCUT2D eigenvalue weighted by Gasteiger charge is -2.29. The zero-order valence-electron chi connectivity index (χ0n) is 24.5. The number of amides is 1. The van der Waals surface area contributed by atoms with E-state index >= 15 is 0 Å². The number of rotatable bonds is 7. The SMILES string of the molecule is O=C(c1cc(NCc2ccc(C(F)(F)F)cc2)nc2ccc(-c3ccc4c(c3)OCC4)cc12)N1CCC[C@H]1CN1CCCC1. The summed E-state index contributed by atoms with van der Waals surface area (Å²) in [7, 11) is 0. The van der Waals surface area contributed by atoms with Gasteiger partial charge in [0, 0.05) is 37.5 Å². The summed E-state index contributed by atoms with van der Waals surface area (Å²) in [6.07, 6.45) is 0.916. The van der Waals surface area contributed by atoms with Crippen LogP contribution in [-0.2, 0) is 19.1 Å². The molecular weight excluding hydrogens is 565 g/mol. The van der Waals surface area contributed by atoms with Crippen molar-refractivity contribution in [3.63, 3.8) is 0 Å². The molecule has 0 unspecified atom stereocenters. The van der Waals surface area contributed by atoms with Crippen LogP contribution in [0.2, 0.25) is 0 Å². The van der Waals surface area contributed by atoms with Gasteiger partial charge in [-0.3, -0.25) is 4.79 Å². The van der Waals surface area contributed by atoms with Crippen LogP contribution in [0.5, 0.6) is 5.75 Å². The van der Waals surface area contributed by atoms with Crippen LogP contribution in [0.4, 0.5) is 19.0 Å². The number of hydrogen-bond acceptors (Lipinski definition) is 5. The minimum absolute atomic E-state index is 0.00823. The number of hydrogen-bond donors (Lipinski definition) is 1. The highest BCUT2D eigenvalue weighted by atomic mass is 19.4. The Morgan fingerprint density at radius 1 is 0.932 bits per heavy atom. The number of likely N-dealkylation sites (tertiary alicyclic amines) is 2. The van der Waals surface area contributed by atoms with E-state index in [0.717, 1.165) is 79.8 Å². The van der Waals surface area contributed by atoms with E-state index in [1.54, 1.807) is 6.07 Å². The Morgan fingerprint density at radius 3 is 2.50 bits per heavy atom. The first kappa shape index (κ1) is 28.6. The highest BCUT2D eigenvalue weighted by Crippen LogP contribution is 2.35. The Hall–Kier alpha value is -4.11. The third-order valence-corrected chi connectivity index (χ3v) is 9.13. The molecule has 44 heavy (non-hydrogen) atoms. The van der Waals surface area contributed by atoms with Gasteiger partial charge in [0.1, 0.15) is 11.6 Å². The normalized spacial score (nSPS) is 18.5. The Bertz CT molecular complexity index is 1680. The van der Waals surface area contributed by atoms with Gasteiger partial charge in [0.25, 0.3) is 5.91 Å². The maximum absolute atomic E-state index is 14.3. The van der Waals surface area contributed by atoms with Crippen molar-refractivity contribution < 1.29 is 22.7 Å². The molecule has 0 bridgehead atoms. The molecular formula is C35H35F3N4O2. The average Bonchev–Trinajstić information content (AvgIpc) is 3.81. The Morgan fingerprint density at radius 2 is 1.70 bits per heavy atom. The van der Waals surface area contributed by atoms with E-state index in [1.165, 1.54) is 30.5 Å². The van der Waals surface area contributed by atoms with Crippen LogP contribution >= 0.6 is 0 Å². The monoisotopic (exact) mass is 600 g/mol. The molecule has 3 aliphatic rings. The van der Waals surface area contributed by atoms with Crippen LogP contribution in [0.15, 0.2) is 66.7 Å². The Kier molecular flexibility index (Phi) is 7.66. The van der Waals surface area contributed by atoms with Crippen LogP contribution in [0.3, 0.4) is 0 Å². The molecule has 1 amide bonds. The van der Waals surface area contributed by atoms with Crippen molar-refractivity contribution in [3.05, 3.63) is 89.0 Å². The summed E-state index contributed by atoms with van der Waals surface area (Å²) in [5, 5.41) is 4.03. The fourth-order valence-corrected chi connectivity index (χ4v) is 6.73. The molecule has 3 aromatic carbocycles. The van der Waals surface area contributed by atoms with Gasteiger partial charge in [0.05, 0.1) is 23.3 Å². The summed E-state index contributed by atoms with van der Waals surface area (Å²) in [5.41, 5.74) is 4.47. The number of alkyl halides is 3. The Labute approximate surface area is 254 Å². The number of nitrogens with zero attached hydrogens (tertiary/aromatic N) is 3. The second-order valence-corrected chi connectivity index (χ2v) is 12.1. The van der Waals surface area contributed by atoms with Gasteiger partial charge in [-0.25, -0.2) is 4.98 Å². The first-order valence-electron chi connectivity index (χ1n) is 15.5. The number of fused-ring (bicyclic) bond motifs is 2. The minimum Gasteiger partial charge on any atom is -0.493 e. The van der Waals surface area contributed by atoms with Crippen LogP contribution in [0.25, 0.3) is 22.0 Å². The summed E-state index contributed by atoms with van der Waals surface area (Å²) in [5.74, 6) is 1.41. The lowest BCUT2D eigenvalue weighted by molar-refractivity contribution is -0.137. The zero-order valence-corrected chi connectivity index (χ0v) is 24.5. The third-order valence-electron chi connectivity index (χ3n) is 9.13. The van der Waals surface area contributed by atoms with Gasteiger partial charge >= 0.3 is 6.18 Å². The fourth-order valence-electron chi connectivity index (χ4n) is 6.73. The fraction of sp³-hybridized carbons (Fsp3) is 0.371. The summed E-state index contributed by atoms with van der Waals surface area (Å²) in [6, 6.07) is 19.3. The molecule has 4 aromatic rings. The molecule has 2 saturated heterocycles. The molecule has 228 valence electrons. The molecule has 2 fully saturated rings. The lowest BCUT2D eigenvalue weighted by Crippen LogP contribution is -2.42. The van der Waals surface area contributed by atoms with Crippen LogP contribution in [-0.4, -0.2) is 59.5 Å². The number of benzene rings is 3. The second-order valence-electron chi connectivity index (χ2n) is 12.1. The lowest BCUT2D eigenvalue weighted by atomic mass is 9.98. The number of carbonyl (C=O) groups excluding carboxylic acids is 1. The zero-order chi connectivity index (χ0) is 30.3. The number of nitrogens with one attached hydrogen (secondary N) is 1. The quantitative estimate of drug-likeness (QED) is 0.244. The minimum atomic E-state index is -4.38. The van der Waals surface area contributed by atoms with E-state index in [-0.39, 0.29) is 18.5 Å². The van der Waals surface area contributed by atoms with Crippen LogP contribution in [0, 0.1) is 0 Å². The molecule has 7 rings (SSSR count). The van der Waals surface area contributed by atoms with Gasteiger partial charge in [0.2, 0.25) is 0 Å². The number of anilines is 1. The summed E-state index contributed by atoms with van der Waals surface area (Å²) >= 11 is 0. The first-order chi connectivity index (χ1) is 21.3. The Balaban J connectivity index is 1.22. The topological polar surface area (TPSA) is 57.7 Å². The van der Waals surface area contributed by atoms with E-state index in [2.05, 4.69) is 28.4 Å². The number of ether oxygens (including phenoxy) is 1. The standard InChI is InChI=1S/C35H35F3N4O2/c36-35(37,38)27-10-5-23(6-11-27)21-39-33-20-30(34(43)42-16-3-4-28(42)22-41-14-1-2-15-41)29-18-25(9-12-31(29)40-33)26-8-7-24-13-17-44-32(24)19-26/h5-12,18-20,28H,1-4,13-17,21-22H2,(H,39,40)/t28-/m0/s1. The predicted molar refractivity (Wildman–Crippen MR) is 165 cm³/mol. The van der Waals surface area contributed by atoms with Gasteiger partial charge in [-0.1, -0.05) is 30.3 Å². The highest BCUT2D eigenvalue weighted by Gasteiger charge is 2.33. The maximum Gasteiger partial charge on any atom is 0.416 e. The van der Waals surface area contributed by atoms with Crippen molar-refractivity contribution >= 4 is 22.6 Å². The maximum atomic E-state index is 14.3. The molecule has 3 aliphatic heterocycles. The van der Waals surface area contributed by atoms with E-state index in [4.69, 9.17) is 9.72 Å². The average molecular weight is 601 g/mol.